The summed E-state index contributed by atoms with van der Waals surface area (Å²) in [6.45, 7) is 6.66. The Balaban J connectivity index is 1.50. The number of fused-ring (bicyclic) bond motifs is 4. The minimum atomic E-state index is -0.541. The Bertz CT molecular complexity index is 1510. The van der Waals surface area contributed by atoms with Crippen molar-refractivity contribution in [2.45, 2.75) is 13.0 Å². The van der Waals surface area contributed by atoms with E-state index in [-0.39, 0.29) is 17.1 Å². The summed E-state index contributed by atoms with van der Waals surface area (Å²) in [6, 6.07) is 18.6. The highest BCUT2D eigenvalue weighted by Gasteiger charge is 2.43. The van der Waals surface area contributed by atoms with Gasteiger partial charge in [0.2, 0.25) is 5.76 Å². The fourth-order valence-electron chi connectivity index (χ4n) is 5.34. The molecule has 1 fully saturated rings. The Hall–Kier alpha value is -3.68. The smallest absolute Gasteiger partial charge is 0.290 e. The maximum absolute atomic E-state index is 14.0. The Labute approximate surface area is 208 Å². The second-order valence-corrected chi connectivity index (χ2v) is 9.20. The van der Waals surface area contributed by atoms with E-state index in [2.05, 4.69) is 4.90 Å². The standard InChI is InChI=1S/C29H28N2O5/c1-2-35-21-8-5-7-20(18-21)25-24-26(32)23-11-10-19-6-3-4-9-22(19)27(23)36-28(24)29(33)31(25)13-12-30-14-16-34-17-15-30/h3-11,18,25H,2,12-17H2,1H3. The second-order valence-electron chi connectivity index (χ2n) is 9.20. The molecule has 1 aromatic heterocycles. The van der Waals surface area contributed by atoms with Gasteiger partial charge in [-0.05, 0) is 36.1 Å². The van der Waals surface area contributed by atoms with Crippen LogP contribution >= 0.6 is 0 Å². The SMILES string of the molecule is CCOc1cccc(C2c3c(oc4c(ccc5ccccc54)c3=O)C(=O)N2CCN2CCOCC2)c1. The first-order chi connectivity index (χ1) is 17.7. The number of benzene rings is 3. The first kappa shape index (κ1) is 22.8. The maximum Gasteiger partial charge on any atom is 0.290 e. The van der Waals surface area contributed by atoms with Crippen molar-refractivity contribution in [3.8, 4) is 5.75 Å². The largest absolute Gasteiger partial charge is 0.494 e. The number of hydrogen-bond acceptors (Lipinski definition) is 6. The van der Waals surface area contributed by atoms with Crippen molar-refractivity contribution >= 4 is 27.6 Å². The summed E-state index contributed by atoms with van der Waals surface area (Å²) in [5.74, 6) is 0.592. The summed E-state index contributed by atoms with van der Waals surface area (Å²) >= 11 is 0. The summed E-state index contributed by atoms with van der Waals surface area (Å²) in [7, 11) is 0. The number of carbonyl (C=O) groups excluding carboxylic acids is 1. The first-order valence-electron chi connectivity index (χ1n) is 12.5. The van der Waals surface area contributed by atoms with Gasteiger partial charge >= 0.3 is 0 Å². The molecule has 0 bridgehead atoms. The fourth-order valence-corrected chi connectivity index (χ4v) is 5.34. The monoisotopic (exact) mass is 484 g/mol. The molecule has 7 heteroatoms. The summed E-state index contributed by atoms with van der Waals surface area (Å²) in [5, 5.41) is 2.27. The van der Waals surface area contributed by atoms with Crippen molar-refractivity contribution in [3.63, 3.8) is 0 Å². The molecule has 1 amide bonds. The lowest BCUT2D eigenvalue weighted by molar-refractivity contribution is 0.0314. The zero-order valence-electron chi connectivity index (χ0n) is 20.2. The van der Waals surface area contributed by atoms with E-state index in [1.54, 1.807) is 11.0 Å². The van der Waals surface area contributed by atoms with Gasteiger partial charge in [0.15, 0.2) is 5.43 Å². The van der Waals surface area contributed by atoms with Gasteiger partial charge in [-0.25, -0.2) is 0 Å². The van der Waals surface area contributed by atoms with Gasteiger partial charge in [-0.3, -0.25) is 14.5 Å². The van der Waals surface area contributed by atoms with Gasteiger partial charge in [0.05, 0.1) is 36.8 Å². The van der Waals surface area contributed by atoms with Crippen molar-refractivity contribution in [3.05, 3.63) is 87.8 Å². The highest BCUT2D eigenvalue weighted by atomic mass is 16.5. The Morgan fingerprint density at radius 1 is 0.944 bits per heavy atom. The molecule has 0 saturated carbocycles. The molecular weight excluding hydrogens is 456 g/mol. The molecule has 36 heavy (non-hydrogen) atoms. The lowest BCUT2D eigenvalue weighted by atomic mass is 9.97. The van der Waals surface area contributed by atoms with Crippen molar-refractivity contribution in [1.29, 1.82) is 0 Å². The molecule has 1 unspecified atom stereocenters. The predicted molar refractivity (Wildman–Crippen MR) is 138 cm³/mol. The van der Waals surface area contributed by atoms with Gasteiger partial charge in [-0.15, -0.1) is 0 Å². The number of hydrogen-bond donors (Lipinski definition) is 0. The second kappa shape index (κ2) is 9.41. The van der Waals surface area contributed by atoms with Gasteiger partial charge < -0.3 is 18.8 Å². The van der Waals surface area contributed by atoms with Crippen molar-refractivity contribution < 1.29 is 18.7 Å². The normalized spacial score (nSPS) is 18.2. The molecule has 3 heterocycles. The van der Waals surface area contributed by atoms with Crippen LogP contribution in [-0.2, 0) is 4.74 Å². The van der Waals surface area contributed by atoms with Gasteiger partial charge in [0, 0.05) is 31.6 Å². The van der Waals surface area contributed by atoms with E-state index in [1.807, 2.05) is 61.5 Å². The molecule has 0 aliphatic carbocycles. The van der Waals surface area contributed by atoms with Crippen LogP contribution in [0.2, 0.25) is 0 Å². The van der Waals surface area contributed by atoms with Crippen LogP contribution in [0.1, 0.15) is 34.6 Å². The van der Waals surface area contributed by atoms with E-state index < -0.39 is 6.04 Å². The molecule has 2 aliphatic rings. The molecular formula is C29H28N2O5. The molecule has 0 N–H and O–H groups in total. The zero-order chi connectivity index (χ0) is 24.6. The Kier molecular flexibility index (Phi) is 5.95. The summed E-state index contributed by atoms with van der Waals surface area (Å²) < 4.78 is 17.5. The van der Waals surface area contributed by atoms with Crippen LogP contribution in [0, 0.1) is 0 Å². The minimum Gasteiger partial charge on any atom is -0.494 e. The lowest BCUT2D eigenvalue weighted by Crippen LogP contribution is -2.42. The quantitative estimate of drug-likeness (QED) is 0.382. The maximum atomic E-state index is 14.0. The lowest BCUT2D eigenvalue weighted by Gasteiger charge is -2.31. The minimum absolute atomic E-state index is 0.137. The number of ether oxygens (including phenoxy) is 2. The van der Waals surface area contributed by atoms with Crippen LogP contribution < -0.4 is 10.2 Å². The van der Waals surface area contributed by atoms with E-state index >= 15 is 0 Å². The van der Waals surface area contributed by atoms with Gasteiger partial charge in [0.1, 0.15) is 11.3 Å². The number of nitrogens with zero attached hydrogens (tertiary/aromatic N) is 2. The topological polar surface area (TPSA) is 72.2 Å². The number of amides is 1. The van der Waals surface area contributed by atoms with E-state index in [4.69, 9.17) is 13.9 Å². The summed E-state index contributed by atoms with van der Waals surface area (Å²) in [6.07, 6.45) is 0. The number of morpholine rings is 1. The predicted octanol–water partition coefficient (Wildman–Crippen LogP) is 4.22. The van der Waals surface area contributed by atoms with Crippen LogP contribution in [0.4, 0.5) is 0 Å². The summed E-state index contributed by atoms with van der Waals surface area (Å²) in [5.41, 5.74) is 1.54. The fraction of sp³-hybridized carbons (Fsp3) is 0.310. The average molecular weight is 485 g/mol. The first-order valence-corrected chi connectivity index (χ1v) is 12.5. The molecule has 3 aromatic carbocycles. The van der Waals surface area contributed by atoms with Crippen LogP contribution in [-0.4, -0.2) is 61.7 Å². The molecule has 0 spiro atoms. The molecule has 184 valence electrons. The van der Waals surface area contributed by atoms with E-state index in [0.717, 1.165) is 29.4 Å². The van der Waals surface area contributed by atoms with Crippen LogP contribution in [0.15, 0.2) is 69.9 Å². The van der Waals surface area contributed by atoms with E-state index in [0.29, 0.717) is 55.2 Å². The zero-order valence-corrected chi connectivity index (χ0v) is 20.2. The molecule has 1 saturated heterocycles. The highest BCUT2D eigenvalue weighted by molar-refractivity contribution is 6.06. The van der Waals surface area contributed by atoms with Gasteiger partial charge in [-0.1, -0.05) is 42.5 Å². The molecule has 4 aromatic rings. The van der Waals surface area contributed by atoms with E-state index in [9.17, 15) is 9.59 Å². The third kappa shape index (κ3) is 3.85. The molecule has 0 radical (unpaired) electrons. The average Bonchev–Trinajstić information content (AvgIpc) is 3.20. The van der Waals surface area contributed by atoms with Crippen LogP contribution in [0.3, 0.4) is 0 Å². The van der Waals surface area contributed by atoms with Crippen molar-refractivity contribution in [2.75, 3.05) is 46.0 Å². The highest BCUT2D eigenvalue weighted by Crippen LogP contribution is 2.39. The van der Waals surface area contributed by atoms with E-state index in [1.165, 1.54) is 0 Å². The Morgan fingerprint density at radius 3 is 2.61 bits per heavy atom. The van der Waals surface area contributed by atoms with Crippen LogP contribution in [0.5, 0.6) is 5.75 Å². The molecule has 1 atom stereocenters. The Morgan fingerprint density at radius 2 is 1.78 bits per heavy atom. The summed E-state index contributed by atoms with van der Waals surface area (Å²) in [4.78, 5) is 31.8. The van der Waals surface area contributed by atoms with Gasteiger partial charge in [-0.2, -0.15) is 0 Å². The third-order valence-corrected chi connectivity index (χ3v) is 7.10. The molecule has 7 nitrogen and oxygen atoms in total. The molecule has 2 aliphatic heterocycles. The third-order valence-electron chi connectivity index (χ3n) is 7.10. The number of rotatable bonds is 6. The van der Waals surface area contributed by atoms with Crippen molar-refractivity contribution in [1.82, 2.24) is 9.80 Å². The molecule has 6 rings (SSSR count). The van der Waals surface area contributed by atoms with Gasteiger partial charge in [0.25, 0.3) is 5.91 Å². The van der Waals surface area contributed by atoms with Crippen molar-refractivity contribution in [2.24, 2.45) is 0 Å². The van der Waals surface area contributed by atoms with Crippen LogP contribution in [0.25, 0.3) is 21.7 Å². The number of carbonyl (C=O) groups is 1.